The number of hydrogen-bond acceptors (Lipinski definition) is 4. The van der Waals surface area contributed by atoms with Crippen LogP contribution in [0.1, 0.15) is 12.6 Å². The molecule has 1 aromatic carbocycles. The van der Waals surface area contributed by atoms with E-state index in [0.717, 1.165) is 51.7 Å². The standard InChI is InChI=1S/C18H25N3O2/c1-14(19-7-9-23-10-8-19)20-5-6-21-16(13-20)11-15-12-17(22-2)3-4-18(15)21/h3-4,11-12,14H,5-10,13H2,1-2H3. The second kappa shape index (κ2) is 6.15. The molecule has 2 aliphatic rings. The fraction of sp³-hybridized carbons (Fsp3) is 0.556. The molecule has 5 heteroatoms. The van der Waals surface area contributed by atoms with Gasteiger partial charge in [-0.2, -0.15) is 0 Å². The van der Waals surface area contributed by atoms with Gasteiger partial charge in [-0.25, -0.2) is 0 Å². The predicted octanol–water partition coefficient (Wildman–Crippen LogP) is 2.14. The van der Waals surface area contributed by atoms with Gasteiger partial charge in [0.2, 0.25) is 0 Å². The summed E-state index contributed by atoms with van der Waals surface area (Å²) in [4.78, 5) is 5.11. The van der Waals surface area contributed by atoms with Gasteiger partial charge in [0.15, 0.2) is 0 Å². The minimum absolute atomic E-state index is 0.472. The Morgan fingerprint density at radius 3 is 2.65 bits per heavy atom. The third-order valence-electron chi connectivity index (χ3n) is 5.27. The number of benzene rings is 1. The average Bonchev–Trinajstić information content (AvgIpc) is 2.98. The topological polar surface area (TPSA) is 29.9 Å². The minimum atomic E-state index is 0.472. The zero-order valence-electron chi connectivity index (χ0n) is 14.0. The molecule has 1 fully saturated rings. The number of ether oxygens (including phenoxy) is 2. The number of fused-ring (bicyclic) bond motifs is 3. The molecule has 5 nitrogen and oxygen atoms in total. The van der Waals surface area contributed by atoms with E-state index < -0.39 is 0 Å². The molecule has 0 bridgehead atoms. The number of aromatic nitrogens is 1. The summed E-state index contributed by atoms with van der Waals surface area (Å²) in [6, 6.07) is 8.68. The van der Waals surface area contributed by atoms with E-state index in [1.807, 2.05) is 0 Å². The summed E-state index contributed by atoms with van der Waals surface area (Å²) < 4.78 is 13.3. The van der Waals surface area contributed by atoms with E-state index in [1.165, 1.54) is 16.6 Å². The molecule has 3 heterocycles. The van der Waals surface area contributed by atoms with Gasteiger partial charge in [-0.1, -0.05) is 0 Å². The fourth-order valence-corrected chi connectivity index (χ4v) is 3.84. The number of nitrogens with zero attached hydrogens (tertiary/aromatic N) is 3. The van der Waals surface area contributed by atoms with Gasteiger partial charge in [0, 0.05) is 49.3 Å². The second-order valence-corrected chi connectivity index (χ2v) is 6.46. The zero-order valence-corrected chi connectivity index (χ0v) is 14.0. The van der Waals surface area contributed by atoms with Crippen LogP contribution in [0.15, 0.2) is 24.3 Å². The minimum Gasteiger partial charge on any atom is -0.497 e. The second-order valence-electron chi connectivity index (χ2n) is 6.46. The van der Waals surface area contributed by atoms with Gasteiger partial charge in [-0.3, -0.25) is 9.80 Å². The Bertz CT molecular complexity index is 691. The van der Waals surface area contributed by atoms with Crippen LogP contribution in [0.3, 0.4) is 0 Å². The Morgan fingerprint density at radius 1 is 1.04 bits per heavy atom. The van der Waals surface area contributed by atoms with E-state index in [-0.39, 0.29) is 0 Å². The van der Waals surface area contributed by atoms with E-state index in [9.17, 15) is 0 Å². The Kier molecular flexibility index (Phi) is 4.01. The van der Waals surface area contributed by atoms with Crippen molar-refractivity contribution in [2.45, 2.75) is 26.2 Å². The summed E-state index contributed by atoms with van der Waals surface area (Å²) in [6.45, 7) is 9.29. The monoisotopic (exact) mass is 315 g/mol. The Labute approximate surface area is 137 Å². The molecule has 0 aliphatic carbocycles. The largest absolute Gasteiger partial charge is 0.497 e. The van der Waals surface area contributed by atoms with Crippen molar-refractivity contribution < 1.29 is 9.47 Å². The predicted molar refractivity (Wildman–Crippen MR) is 90.8 cm³/mol. The SMILES string of the molecule is COc1ccc2c(c1)cc1n2CCN(C(C)N2CCOCC2)C1. The summed E-state index contributed by atoms with van der Waals surface area (Å²) in [6.07, 6.45) is 0.472. The quantitative estimate of drug-likeness (QED) is 0.868. The van der Waals surface area contributed by atoms with E-state index in [2.05, 4.69) is 45.6 Å². The van der Waals surface area contributed by atoms with Crippen molar-refractivity contribution in [1.82, 2.24) is 14.4 Å². The number of hydrogen-bond donors (Lipinski definition) is 0. The summed E-state index contributed by atoms with van der Waals surface area (Å²) in [5, 5.41) is 1.28. The third-order valence-corrected chi connectivity index (χ3v) is 5.27. The van der Waals surface area contributed by atoms with Crippen LogP contribution in [0.4, 0.5) is 0 Å². The van der Waals surface area contributed by atoms with Crippen molar-refractivity contribution in [3.05, 3.63) is 30.0 Å². The van der Waals surface area contributed by atoms with Crippen LogP contribution in [0.5, 0.6) is 5.75 Å². The Hall–Kier alpha value is -1.56. The molecule has 0 spiro atoms. The van der Waals surface area contributed by atoms with Crippen LogP contribution < -0.4 is 4.74 Å². The molecule has 0 amide bonds. The average molecular weight is 315 g/mol. The highest BCUT2D eigenvalue weighted by molar-refractivity contribution is 5.83. The van der Waals surface area contributed by atoms with Crippen LogP contribution in [0, 0.1) is 0 Å². The van der Waals surface area contributed by atoms with Crippen molar-refractivity contribution in [3.63, 3.8) is 0 Å². The summed E-state index contributed by atoms with van der Waals surface area (Å²) in [5.41, 5.74) is 2.72. The normalized spacial score (nSPS) is 21.3. The first-order valence-corrected chi connectivity index (χ1v) is 8.48. The highest BCUT2D eigenvalue weighted by Crippen LogP contribution is 2.28. The number of methoxy groups -OCH3 is 1. The van der Waals surface area contributed by atoms with Gasteiger partial charge in [0.1, 0.15) is 5.75 Å². The van der Waals surface area contributed by atoms with E-state index in [0.29, 0.717) is 6.17 Å². The van der Waals surface area contributed by atoms with Crippen molar-refractivity contribution in [2.24, 2.45) is 0 Å². The smallest absolute Gasteiger partial charge is 0.119 e. The molecule has 1 aromatic heterocycles. The van der Waals surface area contributed by atoms with E-state index in [1.54, 1.807) is 7.11 Å². The van der Waals surface area contributed by atoms with E-state index in [4.69, 9.17) is 9.47 Å². The van der Waals surface area contributed by atoms with Crippen LogP contribution >= 0.6 is 0 Å². The Balaban J connectivity index is 1.56. The van der Waals surface area contributed by atoms with Gasteiger partial charge in [0.05, 0.1) is 26.5 Å². The number of morpholine rings is 1. The molecule has 2 aromatic rings. The lowest BCUT2D eigenvalue weighted by atomic mass is 10.2. The zero-order chi connectivity index (χ0) is 15.8. The van der Waals surface area contributed by atoms with Crippen molar-refractivity contribution in [2.75, 3.05) is 40.0 Å². The lowest BCUT2D eigenvalue weighted by Crippen LogP contribution is -2.52. The van der Waals surface area contributed by atoms with Gasteiger partial charge in [0.25, 0.3) is 0 Å². The highest BCUT2D eigenvalue weighted by Gasteiger charge is 2.27. The lowest BCUT2D eigenvalue weighted by molar-refractivity contribution is -0.0339. The summed E-state index contributed by atoms with van der Waals surface area (Å²) in [5.74, 6) is 0.930. The maximum atomic E-state index is 5.48. The molecular weight excluding hydrogens is 290 g/mol. The fourth-order valence-electron chi connectivity index (χ4n) is 3.84. The molecule has 124 valence electrons. The molecule has 1 unspecified atom stereocenters. The van der Waals surface area contributed by atoms with Crippen LogP contribution in [0.25, 0.3) is 10.9 Å². The van der Waals surface area contributed by atoms with Crippen LogP contribution in [-0.4, -0.2) is 60.5 Å². The van der Waals surface area contributed by atoms with Crippen molar-refractivity contribution in [3.8, 4) is 5.75 Å². The van der Waals surface area contributed by atoms with Gasteiger partial charge >= 0.3 is 0 Å². The summed E-state index contributed by atoms with van der Waals surface area (Å²) in [7, 11) is 1.73. The Morgan fingerprint density at radius 2 is 1.87 bits per heavy atom. The molecular formula is C18H25N3O2. The first-order valence-electron chi connectivity index (χ1n) is 8.48. The van der Waals surface area contributed by atoms with Crippen molar-refractivity contribution >= 4 is 10.9 Å². The maximum Gasteiger partial charge on any atom is 0.119 e. The molecule has 1 atom stereocenters. The van der Waals surface area contributed by atoms with Crippen LogP contribution in [0.2, 0.25) is 0 Å². The molecule has 0 N–H and O–H groups in total. The molecule has 2 aliphatic heterocycles. The van der Waals surface area contributed by atoms with Gasteiger partial charge in [-0.15, -0.1) is 0 Å². The molecule has 23 heavy (non-hydrogen) atoms. The molecule has 0 radical (unpaired) electrons. The molecule has 0 saturated carbocycles. The highest BCUT2D eigenvalue weighted by atomic mass is 16.5. The first-order chi connectivity index (χ1) is 11.3. The summed E-state index contributed by atoms with van der Waals surface area (Å²) >= 11 is 0. The number of rotatable bonds is 3. The maximum absolute atomic E-state index is 5.48. The van der Waals surface area contributed by atoms with E-state index >= 15 is 0 Å². The van der Waals surface area contributed by atoms with Gasteiger partial charge < -0.3 is 14.0 Å². The molecule has 4 rings (SSSR count). The lowest BCUT2D eigenvalue weighted by Gasteiger charge is -2.41. The van der Waals surface area contributed by atoms with Gasteiger partial charge in [-0.05, 0) is 31.2 Å². The van der Waals surface area contributed by atoms with Crippen molar-refractivity contribution in [1.29, 1.82) is 0 Å². The van der Waals surface area contributed by atoms with Crippen LogP contribution in [-0.2, 0) is 17.8 Å². The molecule has 1 saturated heterocycles. The third kappa shape index (κ3) is 2.73. The first kappa shape index (κ1) is 15.0.